The van der Waals surface area contributed by atoms with Crippen LogP contribution in [0.5, 0.6) is 0 Å². The van der Waals surface area contributed by atoms with Gasteiger partial charge in [0.1, 0.15) is 23.7 Å². The molecule has 9 N–H and O–H groups in total. The first-order valence-corrected chi connectivity index (χ1v) is 16.1. The number of carbonyl (C=O) groups is 5. The third kappa shape index (κ3) is 10.1. The van der Waals surface area contributed by atoms with Gasteiger partial charge in [-0.15, -0.1) is 0 Å². The first-order chi connectivity index (χ1) is 22.5. The summed E-state index contributed by atoms with van der Waals surface area (Å²) in [6.45, 7) is 0.237. The summed E-state index contributed by atoms with van der Waals surface area (Å²) in [6.07, 6.45) is 3.11. The van der Waals surface area contributed by atoms with E-state index in [1.807, 2.05) is 60.7 Å². The average molecular weight is 650 g/mol. The van der Waals surface area contributed by atoms with Crippen molar-refractivity contribution in [2.24, 2.45) is 23.1 Å². The molecule has 1 saturated heterocycles. The maximum atomic E-state index is 13.8. The van der Waals surface area contributed by atoms with Gasteiger partial charge in [-0.2, -0.15) is 0 Å². The zero-order valence-electron chi connectivity index (χ0n) is 26.9. The van der Waals surface area contributed by atoms with Crippen LogP contribution in [0.2, 0.25) is 0 Å². The van der Waals surface area contributed by atoms with Crippen molar-refractivity contribution in [1.82, 2.24) is 20.9 Å². The second-order valence-corrected chi connectivity index (χ2v) is 12.6. The summed E-state index contributed by atoms with van der Waals surface area (Å²) in [5.74, 6) is -2.25. The van der Waals surface area contributed by atoms with E-state index < -0.39 is 59.3 Å². The van der Waals surface area contributed by atoms with Crippen LogP contribution in [0.15, 0.2) is 60.7 Å². The number of nitrogens with zero attached hydrogens (tertiary/aromatic N) is 1. The second kappa shape index (κ2) is 16.5. The molecule has 13 heteroatoms. The number of ether oxygens (including phenoxy) is 1. The number of hydrogen-bond donors (Lipinski definition) is 6. The van der Waals surface area contributed by atoms with Crippen LogP contribution in [0.1, 0.15) is 43.2 Å². The molecular formula is C34H47N7O6. The Balaban J connectivity index is 1.42. The first kappa shape index (κ1) is 35.5. The molecular weight excluding hydrogens is 602 g/mol. The third-order valence-corrected chi connectivity index (χ3v) is 8.86. The molecule has 1 heterocycles. The Labute approximate surface area is 275 Å². The molecule has 1 aliphatic carbocycles. The highest BCUT2D eigenvalue weighted by molar-refractivity contribution is 5.95. The number of benzene rings is 2. The highest BCUT2D eigenvalue weighted by atomic mass is 16.5. The van der Waals surface area contributed by atoms with Gasteiger partial charge in [-0.25, -0.2) is 0 Å². The monoisotopic (exact) mass is 649 g/mol. The van der Waals surface area contributed by atoms with Crippen LogP contribution in [-0.4, -0.2) is 90.9 Å². The quantitative estimate of drug-likeness (QED) is 0.137. The molecule has 0 bridgehead atoms. The molecule has 1 aliphatic heterocycles. The lowest BCUT2D eigenvalue weighted by atomic mass is 9.88. The number of nitrogens with one attached hydrogen (secondary N) is 3. The van der Waals surface area contributed by atoms with E-state index in [0.29, 0.717) is 12.8 Å². The summed E-state index contributed by atoms with van der Waals surface area (Å²) in [6, 6.07) is 14.7. The van der Waals surface area contributed by atoms with Crippen LogP contribution in [0.25, 0.3) is 0 Å². The minimum atomic E-state index is -1.18. The van der Waals surface area contributed by atoms with Gasteiger partial charge in [0.2, 0.25) is 23.6 Å². The van der Waals surface area contributed by atoms with E-state index in [1.54, 1.807) is 0 Å². The lowest BCUT2D eigenvalue weighted by Crippen LogP contribution is -2.62. The van der Waals surface area contributed by atoms with E-state index in [2.05, 4.69) is 16.0 Å². The van der Waals surface area contributed by atoms with Crippen molar-refractivity contribution in [3.8, 4) is 0 Å². The molecule has 2 aromatic carbocycles. The number of methoxy groups -OCH3 is 1. The van der Waals surface area contributed by atoms with E-state index in [4.69, 9.17) is 21.9 Å². The lowest BCUT2D eigenvalue weighted by molar-refractivity contribution is -0.151. The molecule has 2 aromatic rings. The summed E-state index contributed by atoms with van der Waals surface area (Å²) in [4.78, 5) is 67.5. The highest BCUT2D eigenvalue weighted by Gasteiger charge is 2.41. The van der Waals surface area contributed by atoms with Gasteiger partial charge in [-0.05, 0) is 42.7 Å². The van der Waals surface area contributed by atoms with Gasteiger partial charge in [0, 0.05) is 26.1 Å². The number of amides is 4. The molecule has 0 aromatic heterocycles. The van der Waals surface area contributed by atoms with E-state index in [9.17, 15) is 24.0 Å². The molecule has 4 atom stereocenters. The van der Waals surface area contributed by atoms with Crippen molar-refractivity contribution in [1.29, 1.82) is 0 Å². The summed E-state index contributed by atoms with van der Waals surface area (Å²) in [5, 5.41) is 8.37. The topological polar surface area (TPSA) is 212 Å². The molecule has 0 radical (unpaired) electrons. The Morgan fingerprint density at radius 1 is 0.809 bits per heavy atom. The molecule has 2 aliphatic rings. The minimum absolute atomic E-state index is 0.165. The average Bonchev–Trinajstić information content (AvgIpc) is 3.91. The van der Waals surface area contributed by atoms with E-state index in [0.717, 1.165) is 24.0 Å². The van der Waals surface area contributed by atoms with Crippen molar-refractivity contribution in [3.63, 3.8) is 0 Å². The standard InChI is InChI=1S/C34H47N7O6/c1-47-33(46)34(37)14-16-41(17-15-34)32(45)28(21-35)40-31(44)27(20-24-12-13-24)39-30(43)26(19-23-10-6-3-7-11-23)38-29(42)25(36)18-22-8-4-2-5-9-22/h2-11,24-28H,12-21,35-37H2,1H3,(H,38,42)(H,39,43)(H,40,44)/t25-,26-,27-,28-/m1/s1. The van der Waals surface area contributed by atoms with Gasteiger partial charge in [-0.1, -0.05) is 73.5 Å². The predicted molar refractivity (Wildman–Crippen MR) is 175 cm³/mol. The Morgan fingerprint density at radius 3 is 1.85 bits per heavy atom. The SMILES string of the molecule is COC(=O)C1(N)CCN(C(=O)[C@@H](CN)NC(=O)[C@@H](CC2CC2)NC(=O)[C@@H](Cc2ccccc2)NC(=O)[C@H](N)Cc2ccccc2)CC1. The Kier molecular flexibility index (Phi) is 12.5. The minimum Gasteiger partial charge on any atom is -0.468 e. The van der Waals surface area contributed by atoms with Crippen molar-refractivity contribution in [2.75, 3.05) is 26.7 Å². The smallest absolute Gasteiger partial charge is 0.325 e. The van der Waals surface area contributed by atoms with Gasteiger partial charge in [0.05, 0.1) is 13.2 Å². The van der Waals surface area contributed by atoms with E-state index >= 15 is 0 Å². The number of esters is 1. The predicted octanol–water partition coefficient (Wildman–Crippen LogP) is -0.495. The van der Waals surface area contributed by atoms with Crippen LogP contribution in [0, 0.1) is 5.92 Å². The molecule has 13 nitrogen and oxygen atoms in total. The van der Waals surface area contributed by atoms with Crippen molar-refractivity contribution in [3.05, 3.63) is 71.8 Å². The molecule has 47 heavy (non-hydrogen) atoms. The number of piperidine rings is 1. The van der Waals surface area contributed by atoms with E-state index in [1.165, 1.54) is 12.0 Å². The normalized spacial score (nSPS) is 18.2. The van der Waals surface area contributed by atoms with Crippen LogP contribution in [0.3, 0.4) is 0 Å². The maximum absolute atomic E-state index is 13.8. The van der Waals surface area contributed by atoms with Gasteiger partial charge in [0.25, 0.3) is 0 Å². The van der Waals surface area contributed by atoms with Crippen molar-refractivity contribution >= 4 is 29.6 Å². The molecule has 0 unspecified atom stereocenters. The number of likely N-dealkylation sites (tertiary alicyclic amines) is 1. The van der Waals surface area contributed by atoms with Gasteiger partial charge >= 0.3 is 5.97 Å². The van der Waals surface area contributed by atoms with Crippen LogP contribution in [-0.2, 0) is 41.6 Å². The number of hydrogen-bond acceptors (Lipinski definition) is 9. The molecule has 254 valence electrons. The van der Waals surface area contributed by atoms with Gasteiger partial charge in [-0.3, -0.25) is 24.0 Å². The summed E-state index contributed by atoms with van der Waals surface area (Å²) in [5.41, 5.74) is 18.9. The maximum Gasteiger partial charge on any atom is 0.325 e. The van der Waals surface area contributed by atoms with Gasteiger partial charge < -0.3 is 42.8 Å². The van der Waals surface area contributed by atoms with Gasteiger partial charge in [0.15, 0.2) is 0 Å². The number of rotatable bonds is 15. The van der Waals surface area contributed by atoms with Crippen molar-refractivity contribution < 1.29 is 28.7 Å². The van der Waals surface area contributed by atoms with E-state index in [-0.39, 0.29) is 44.8 Å². The largest absolute Gasteiger partial charge is 0.468 e. The second-order valence-electron chi connectivity index (χ2n) is 12.6. The zero-order valence-corrected chi connectivity index (χ0v) is 26.9. The fourth-order valence-electron chi connectivity index (χ4n) is 5.74. The molecule has 4 rings (SSSR count). The fourth-order valence-corrected chi connectivity index (χ4v) is 5.74. The number of carbonyl (C=O) groups excluding carboxylic acids is 5. The van der Waals surface area contributed by atoms with Crippen molar-refractivity contribution in [2.45, 2.75) is 74.7 Å². The Bertz CT molecular complexity index is 1380. The Morgan fingerprint density at radius 2 is 1.32 bits per heavy atom. The summed E-state index contributed by atoms with van der Waals surface area (Å²) >= 11 is 0. The molecule has 0 spiro atoms. The molecule has 4 amide bonds. The third-order valence-electron chi connectivity index (χ3n) is 8.86. The van der Waals surface area contributed by atoms with Crippen LogP contribution in [0.4, 0.5) is 0 Å². The zero-order chi connectivity index (χ0) is 34.0. The summed E-state index contributed by atoms with van der Waals surface area (Å²) in [7, 11) is 1.27. The fraction of sp³-hybridized carbons (Fsp3) is 0.500. The molecule has 2 fully saturated rings. The van der Waals surface area contributed by atoms with Crippen LogP contribution >= 0.6 is 0 Å². The lowest BCUT2D eigenvalue weighted by Gasteiger charge is -2.38. The Hall–Kier alpha value is -4.33. The highest BCUT2D eigenvalue weighted by Crippen LogP contribution is 2.33. The van der Waals surface area contributed by atoms with Crippen LogP contribution < -0.4 is 33.2 Å². The first-order valence-electron chi connectivity index (χ1n) is 16.1. The summed E-state index contributed by atoms with van der Waals surface area (Å²) < 4.78 is 4.80. The molecule has 1 saturated carbocycles. The number of nitrogens with two attached hydrogens (primary N) is 3.